The van der Waals surface area contributed by atoms with E-state index in [2.05, 4.69) is 15.0 Å². The van der Waals surface area contributed by atoms with Gasteiger partial charge < -0.3 is 14.0 Å². The number of ether oxygens (including phenoxy) is 2. The van der Waals surface area contributed by atoms with Gasteiger partial charge in [-0.05, 0) is 36.4 Å². The van der Waals surface area contributed by atoms with Crippen LogP contribution in [0.2, 0.25) is 0 Å². The van der Waals surface area contributed by atoms with E-state index in [0.29, 0.717) is 50.2 Å². The lowest BCUT2D eigenvalue weighted by Crippen LogP contribution is -2.48. The molecule has 164 valence electrons. The smallest absolute Gasteiger partial charge is 0.246 e. The maximum Gasteiger partial charge on any atom is 0.246 e. The lowest BCUT2D eigenvalue weighted by Gasteiger charge is -2.33. The van der Waals surface area contributed by atoms with Crippen LogP contribution in [0.1, 0.15) is 5.89 Å². The fourth-order valence-electron chi connectivity index (χ4n) is 3.47. The first-order chi connectivity index (χ1) is 15.0. The molecule has 1 aliphatic heterocycles. The number of hydrogen-bond acceptors (Lipinski definition) is 8. The zero-order valence-corrected chi connectivity index (χ0v) is 18.2. The predicted molar refractivity (Wildman–Crippen MR) is 113 cm³/mol. The average Bonchev–Trinajstić information content (AvgIpc) is 3.28. The number of para-hydroxylation sites is 1. The molecule has 1 saturated heterocycles. The molecular weight excluding hydrogens is 420 g/mol. The summed E-state index contributed by atoms with van der Waals surface area (Å²) < 4.78 is 43.3. The molecule has 10 heteroatoms. The number of methoxy groups -OCH3 is 2. The molecule has 1 fully saturated rings. The molecule has 3 aromatic rings. The highest BCUT2D eigenvalue weighted by molar-refractivity contribution is 7.89. The summed E-state index contributed by atoms with van der Waals surface area (Å²) in [6, 6.07) is 14.1. The van der Waals surface area contributed by atoms with Crippen LogP contribution in [-0.2, 0) is 16.6 Å². The highest BCUT2D eigenvalue weighted by Crippen LogP contribution is 2.27. The van der Waals surface area contributed by atoms with E-state index in [1.807, 2.05) is 24.3 Å². The Balaban J connectivity index is 1.38. The van der Waals surface area contributed by atoms with Crippen molar-refractivity contribution in [2.45, 2.75) is 11.4 Å². The predicted octanol–water partition coefficient (Wildman–Crippen LogP) is 2.26. The summed E-state index contributed by atoms with van der Waals surface area (Å²) in [5.74, 6) is 2.11. The van der Waals surface area contributed by atoms with E-state index >= 15 is 0 Å². The normalized spacial score (nSPS) is 15.7. The van der Waals surface area contributed by atoms with E-state index in [0.717, 1.165) is 11.3 Å². The maximum atomic E-state index is 13.0. The molecule has 0 amide bonds. The van der Waals surface area contributed by atoms with Gasteiger partial charge in [-0.3, -0.25) is 4.90 Å². The quantitative estimate of drug-likeness (QED) is 0.547. The van der Waals surface area contributed by atoms with Crippen molar-refractivity contribution < 1.29 is 22.4 Å². The molecule has 1 aliphatic rings. The lowest BCUT2D eigenvalue weighted by molar-refractivity contribution is 0.163. The first-order valence-electron chi connectivity index (χ1n) is 9.84. The Morgan fingerprint density at radius 3 is 2.35 bits per heavy atom. The molecular formula is C21H24N4O5S. The SMILES string of the molecule is COc1ccc(-c2noc(CN3CCN(S(=O)(=O)c4ccccc4OC)CC3)n2)cc1. The number of rotatable bonds is 7. The zero-order chi connectivity index (χ0) is 21.8. The van der Waals surface area contributed by atoms with Crippen molar-refractivity contribution in [2.75, 3.05) is 40.4 Å². The van der Waals surface area contributed by atoms with Gasteiger partial charge in [-0.2, -0.15) is 9.29 Å². The Hall–Kier alpha value is -2.95. The number of piperazine rings is 1. The summed E-state index contributed by atoms with van der Waals surface area (Å²) in [5.41, 5.74) is 0.837. The van der Waals surface area contributed by atoms with Gasteiger partial charge in [0.25, 0.3) is 0 Å². The summed E-state index contributed by atoms with van der Waals surface area (Å²) in [5, 5.41) is 4.05. The Morgan fingerprint density at radius 2 is 1.68 bits per heavy atom. The Kier molecular flexibility index (Phi) is 6.21. The van der Waals surface area contributed by atoms with Crippen molar-refractivity contribution in [3.8, 4) is 22.9 Å². The summed E-state index contributed by atoms with van der Waals surface area (Å²) >= 11 is 0. The van der Waals surface area contributed by atoms with E-state index in [1.54, 1.807) is 31.4 Å². The van der Waals surface area contributed by atoms with E-state index in [9.17, 15) is 8.42 Å². The summed E-state index contributed by atoms with van der Waals surface area (Å²) in [7, 11) is -0.536. The van der Waals surface area contributed by atoms with Gasteiger partial charge in [0.2, 0.25) is 21.7 Å². The van der Waals surface area contributed by atoms with Crippen LogP contribution in [0, 0.1) is 0 Å². The summed E-state index contributed by atoms with van der Waals surface area (Å²) in [6.07, 6.45) is 0. The molecule has 0 N–H and O–H groups in total. The largest absolute Gasteiger partial charge is 0.497 e. The van der Waals surface area contributed by atoms with Crippen LogP contribution in [0.4, 0.5) is 0 Å². The third-order valence-corrected chi connectivity index (χ3v) is 7.13. The minimum Gasteiger partial charge on any atom is -0.497 e. The van der Waals surface area contributed by atoms with Crippen molar-refractivity contribution in [3.63, 3.8) is 0 Å². The zero-order valence-electron chi connectivity index (χ0n) is 17.4. The molecule has 4 rings (SSSR count). The van der Waals surface area contributed by atoms with Gasteiger partial charge in [0.05, 0.1) is 20.8 Å². The monoisotopic (exact) mass is 444 g/mol. The van der Waals surface area contributed by atoms with E-state index in [-0.39, 0.29) is 4.90 Å². The molecule has 0 unspecified atom stereocenters. The van der Waals surface area contributed by atoms with Crippen LogP contribution in [0.25, 0.3) is 11.4 Å². The average molecular weight is 445 g/mol. The topological polar surface area (TPSA) is 98.0 Å². The Bertz CT molecular complexity index is 1120. The van der Waals surface area contributed by atoms with E-state index < -0.39 is 10.0 Å². The van der Waals surface area contributed by atoms with Gasteiger partial charge in [0.1, 0.15) is 16.4 Å². The van der Waals surface area contributed by atoms with Gasteiger partial charge in [-0.15, -0.1) is 0 Å². The van der Waals surface area contributed by atoms with Gasteiger partial charge in [-0.25, -0.2) is 8.42 Å². The van der Waals surface area contributed by atoms with Gasteiger partial charge >= 0.3 is 0 Å². The first-order valence-corrected chi connectivity index (χ1v) is 11.3. The number of sulfonamides is 1. The Labute approximate surface area is 181 Å². The van der Waals surface area contributed by atoms with Crippen molar-refractivity contribution in [1.29, 1.82) is 0 Å². The van der Waals surface area contributed by atoms with Crippen molar-refractivity contribution in [2.24, 2.45) is 0 Å². The fraction of sp³-hybridized carbons (Fsp3) is 0.333. The van der Waals surface area contributed by atoms with Crippen LogP contribution in [0.15, 0.2) is 57.9 Å². The highest BCUT2D eigenvalue weighted by atomic mass is 32.2. The second-order valence-electron chi connectivity index (χ2n) is 7.07. The van der Waals surface area contributed by atoms with Crippen molar-refractivity contribution in [3.05, 3.63) is 54.4 Å². The third kappa shape index (κ3) is 4.55. The molecule has 0 radical (unpaired) electrons. The van der Waals surface area contributed by atoms with Crippen molar-refractivity contribution >= 4 is 10.0 Å². The summed E-state index contributed by atoms with van der Waals surface area (Å²) in [4.78, 5) is 6.74. The third-order valence-electron chi connectivity index (χ3n) is 5.19. The van der Waals surface area contributed by atoms with E-state index in [4.69, 9.17) is 14.0 Å². The number of nitrogens with zero attached hydrogens (tertiary/aromatic N) is 4. The number of benzene rings is 2. The molecule has 0 aliphatic carbocycles. The maximum absolute atomic E-state index is 13.0. The molecule has 2 heterocycles. The molecule has 31 heavy (non-hydrogen) atoms. The Morgan fingerprint density at radius 1 is 0.968 bits per heavy atom. The van der Waals surface area contributed by atoms with Gasteiger partial charge in [0, 0.05) is 31.7 Å². The van der Waals surface area contributed by atoms with Crippen LogP contribution >= 0.6 is 0 Å². The number of aromatic nitrogens is 2. The standard InChI is InChI=1S/C21H24N4O5S/c1-28-17-9-7-16(8-10-17)21-22-20(30-23-21)15-24-11-13-25(14-12-24)31(26,27)19-6-4-3-5-18(19)29-2/h3-10H,11-15H2,1-2H3. The molecule has 0 spiro atoms. The van der Waals surface area contributed by atoms with Crippen LogP contribution in [0.5, 0.6) is 11.5 Å². The summed E-state index contributed by atoms with van der Waals surface area (Å²) in [6.45, 7) is 2.34. The number of hydrogen-bond donors (Lipinski definition) is 0. The minimum absolute atomic E-state index is 0.187. The van der Waals surface area contributed by atoms with E-state index in [1.165, 1.54) is 11.4 Å². The second kappa shape index (κ2) is 9.04. The molecule has 2 aromatic carbocycles. The fourth-order valence-corrected chi connectivity index (χ4v) is 5.05. The second-order valence-corrected chi connectivity index (χ2v) is 8.98. The van der Waals surface area contributed by atoms with Crippen LogP contribution in [0.3, 0.4) is 0 Å². The molecule has 0 saturated carbocycles. The van der Waals surface area contributed by atoms with Crippen molar-refractivity contribution in [1.82, 2.24) is 19.3 Å². The van der Waals surface area contributed by atoms with Crippen LogP contribution < -0.4 is 9.47 Å². The molecule has 0 bridgehead atoms. The molecule has 1 aromatic heterocycles. The van der Waals surface area contributed by atoms with Gasteiger partial charge in [0.15, 0.2) is 0 Å². The lowest BCUT2D eigenvalue weighted by atomic mass is 10.2. The van der Waals surface area contributed by atoms with Crippen LogP contribution in [-0.4, -0.2) is 68.2 Å². The molecule has 9 nitrogen and oxygen atoms in total. The van der Waals surface area contributed by atoms with Gasteiger partial charge in [-0.1, -0.05) is 17.3 Å². The molecule has 0 atom stereocenters. The first kappa shape index (κ1) is 21.3. The minimum atomic E-state index is -3.62. The highest BCUT2D eigenvalue weighted by Gasteiger charge is 2.31.